The summed E-state index contributed by atoms with van der Waals surface area (Å²) >= 11 is 0. The van der Waals surface area contributed by atoms with E-state index in [9.17, 15) is 14.0 Å². The fourth-order valence-corrected chi connectivity index (χ4v) is 2.99. The van der Waals surface area contributed by atoms with Gasteiger partial charge in [0.2, 0.25) is 0 Å². The molecule has 0 saturated carbocycles. The van der Waals surface area contributed by atoms with Crippen LogP contribution in [-0.4, -0.2) is 16.8 Å². The summed E-state index contributed by atoms with van der Waals surface area (Å²) in [5.41, 5.74) is 3.89. The topological polar surface area (TPSA) is 71.1 Å². The van der Waals surface area contributed by atoms with Gasteiger partial charge in [-0.05, 0) is 56.2 Å². The van der Waals surface area contributed by atoms with Gasteiger partial charge in [0.25, 0.3) is 11.8 Å². The third-order valence-corrected chi connectivity index (χ3v) is 4.25. The summed E-state index contributed by atoms with van der Waals surface area (Å²) in [5, 5.41) is 5.31. The third kappa shape index (κ3) is 4.23. The molecule has 1 heterocycles. The number of carbonyl (C=O) groups excluding carboxylic acids is 2. The summed E-state index contributed by atoms with van der Waals surface area (Å²) in [4.78, 5) is 29.1. The van der Waals surface area contributed by atoms with Crippen molar-refractivity contribution < 1.29 is 14.0 Å². The molecule has 142 valence electrons. The van der Waals surface area contributed by atoms with Crippen molar-refractivity contribution in [1.82, 2.24) is 4.98 Å². The van der Waals surface area contributed by atoms with Crippen LogP contribution in [0.15, 0.2) is 54.6 Å². The molecule has 0 atom stereocenters. The van der Waals surface area contributed by atoms with Crippen LogP contribution in [-0.2, 0) is 0 Å². The number of para-hydroxylation sites is 1. The molecular formula is C22H20FN3O2. The van der Waals surface area contributed by atoms with Crippen LogP contribution >= 0.6 is 0 Å². The Morgan fingerprint density at radius 3 is 2.00 bits per heavy atom. The number of anilines is 2. The van der Waals surface area contributed by atoms with Gasteiger partial charge in [-0.1, -0.05) is 35.9 Å². The van der Waals surface area contributed by atoms with Crippen LogP contribution in [0.1, 0.15) is 37.7 Å². The Morgan fingerprint density at radius 1 is 0.821 bits per heavy atom. The second kappa shape index (κ2) is 8.00. The number of amides is 2. The Morgan fingerprint density at radius 2 is 1.39 bits per heavy atom. The van der Waals surface area contributed by atoms with E-state index in [1.165, 1.54) is 30.3 Å². The second-order valence-corrected chi connectivity index (χ2v) is 6.57. The Hall–Kier alpha value is -3.54. The number of rotatable bonds is 4. The zero-order valence-electron chi connectivity index (χ0n) is 15.8. The van der Waals surface area contributed by atoms with Crippen molar-refractivity contribution in [3.63, 3.8) is 0 Å². The number of pyridine rings is 1. The van der Waals surface area contributed by atoms with Crippen molar-refractivity contribution in [2.45, 2.75) is 20.8 Å². The molecule has 6 heteroatoms. The zero-order chi connectivity index (χ0) is 20.3. The Balaban J connectivity index is 1.80. The average molecular weight is 377 g/mol. The Labute approximate surface area is 162 Å². The van der Waals surface area contributed by atoms with E-state index < -0.39 is 17.6 Å². The monoisotopic (exact) mass is 377 g/mol. The predicted molar refractivity (Wildman–Crippen MR) is 107 cm³/mol. The Bertz CT molecular complexity index is 1040. The van der Waals surface area contributed by atoms with E-state index in [-0.39, 0.29) is 17.1 Å². The van der Waals surface area contributed by atoms with E-state index >= 15 is 0 Å². The first kappa shape index (κ1) is 19.2. The zero-order valence-corrected chi connectivity index (χ0v) is 15.8. The average Bonchev–Trinajstić information content (AvgIpc) is 2.66. The molecule has 28 heavy (non-hydrogen) atoms. The van der Waals surface area contributed by atoms with Crippen molar-refractivity contribution in [3.8, 4) is 0 Å². The highest BCUT2D eigenvalue weighted by Crippen LogP contribution is 2.22. The van der Waals surface area contributed by atoms with E-state index in [0.717, 1.165) is 22.4 Å². The molecule has 1 aromatic heterocycles. The molecule has 3 rings (SSSR count). The summed E-state index contributed by atoms with van der Waals surface area (Å²) in [6.45, 7) is 5.83. The lowest BCUT2D eigenvalue weighted by molar-refractivity contribution is 0.101. The summed E-state index contributed by atoms with van der Waals surface area (Å²) in [6, 6.07) is 14.4. The maximum Gasteiger partial charge on any atom is 0.274 e. The highest BCUT2D eigenvalue weighted by Gasteiger charge is 2.15. The lowest BCUT2D eigenvalue weighted by Crippen LogP contribution is -2.19. The molecule has 0 spiro atoms. The number of aryl methyl sites for hydroxylation is 3. The number of nitrogens with zero attached hydrogens (tertiary/aromatic N) is 1. The highest BCUT2D eigenvalue weighted by molar-refractivity contribution is 6.06. The van der Waals surface area contributed by atoms with Gasteiger partial charge in [0, 0.05) is 5.69 Å². The maximum absolute atomic E-state index is 13.7. The van der Waals surface area contributed by atoms with Crippen molar-refractivity contribution in [1.29, 1.82) is 0 Å². The summed E-state index contributed by atoms with van der Waals surface area (Å²) < 4.78 is 13.7. The number of hydrogen-bond donors (Lipinski definition) is 2. The smallest absolute Gasteiger partial charge is 0.274 e. The van der Waals surface area contributed by atoms with Crippen LogP contribution in [0.3, 0.4) is 0 Å². The van der Waals surface area contributed by atoms with E-state index in [2.05, 4.69) is 15.6 Å². The largest absolute Gasteiger partial charge is 0.320 e. The molecular weight excluding hydrogens is 357 g/mol. The summed E-state index contributed by atoms with van der Waals surface area (Å²) in [6.07, 6.45) is 0. The molecule has 0 bridgehead atoms. The minimum Gasteiger partial charge on any atom is -0.320 e. The van der Waals surface area contributed by atoms with Crippen molar-refractivity contribution in [3.05, 3.63) is 88.5 Å². The maximum atomic E-state index is 13.7. The molecule has 0 fully saturated rings. The molecule has 2 aromatic carbocycles. The number of carbonyl (C=O) groups is 2. The molecule has 0 radical (unpaired) electrons. The highest BCUT2D eigenvalue weighted by atomic mass is 19.1. The normalized spacial score (nSPS) is 10.4. The molecule has 0 saturated heterocycles. The molecule has 2 amide bonds. The molecule has 3 aromatic rings. The Kier molecular flexibility index (Phi) is 5.49. The van der Waals surface area contributed by atoms with Gasteiger partial charge in [-0.3, -0.25) is 9.59 Å². The number of halogens is 1. The second-order valence-electron chi connectivity index (χ2n) is 6.57. The standard InChI is InChI=1S/C22H20FN3O2/c1-13-11-14(2)20(15(3)12-13)26-22(28)19-10-6-9-18(24-19)21(27)25-17-8-5-4-7-16(17)23/h4-12H,1-3H3,(H,25,27)(H,26,28). The molecule has 0 aliphatic heterocycles. The van der Waals surface area contributed by atoms with Crippen LogP contribution in [0.25, 0.3) is 0 Å². The number of nitrogens with one attached hydrogen (secondary N) is 2. The first-order valence-corrected chi connectivity index (χ1v) is 8.77. The molecule has 5 nitrogen and oxygen atoms in total. The molecule has 0 unspecified atom stereocenters. The van der Waals surface area contributed by atoms with Gasteiger partial charge in [0.15, 0.2) is 0 Å². The molecule has 0 aliphatic carbocycles. The first-order valence-electron chi connectivity index (χ1n) is 8.77. The van der Waals surface area contributed by atoms with Crippen molar-refractivity contribution in [2.24, 2.45) is 0 Å². The van der Waals surface area contributed by atoms with Crippen LogP contribution in [0.5, 0.6) is 0 Å². The van der Waals surface area contributed by atoms with Gasteiger partial charge < -0.3 is 10.6 Å². The minimum absolute atomic E-state index is 0.0215. The number of hydrogen-bond acceptors (Lipinski definition) is 3. The van der Waals surface area contributed by atoms with Crippen molar-refractivity contribution in [2.75, 3.05) is 10.6 Å². The fraction of sp³-hybridized carbons (Fsp3) is 0.136. The van der Waals surface area contributed by atoms with Gasteiger partial charge >= 0.3 is 0 Å². The van der Waals surface area contributed by atoms with Gasteiger partial charge in [0.1, 0.15) is 17.2 Å². The van der Waals surface area contributed by atoms with Crippen molar-refractivity contribution >= 4 is 23.2 Å². The third-order valence-electron chi connectivity index (χ3n) is 4.25. The van der Waals surface area contributed by atoms with Crippen LogP contribution in [0.4, 0.5) is 15.8 Å². The SMILES string of the molecule is Cc1cc(C)c(NC(=O)c2cccc(C(=O)Nc3ccccc3F)n2)c(C)c1. The minimum atomic E-state index is -0.595. The van der Waals surface area contributed by atoms with E-state index in [0.29, 0.717) is 0 Å². The van der Waals surface area contributed by atoms with E-state index in [1.807, 2.05) is 32.9 Å². The van der Waals surface area contributed by atoms with E-state index in [4.69, 9.17) is 0 Å². The lowest BCUT2D eigenvalue weighted by atomic mass is 10.0. The van der Waals surface area contributed by atoms with Gasteiger partial charge in [0.05, 0.1) is 5.69 Å². The lowest BCUT2D eigenvalue weighted by Gasteiger charge is -2.13. The molecule has 0 aliphatic rings. The predicted octanol–water partition coefficient (Wildman–Crippen LogP) is 4.65. The van der Waals surface area contributed by atoms with E-state index in [1.54, 1.807) is 12.1 Å². The van der Waals surface area contributed by atoms with Gasteiger partial charge in [-0.15, -0.1) is 0 Å². The first-order chi connectivity index (χ1) is 13.3. The quantitative estimate of drug-likeness (QED) is 0.695. The summed E-state index contributed by atoms with van der Waals surface area (Å²) in [5.74, 6) is -1.56. The summed E-state index contributed by atoms with van der Waals surface area (Å²) in [7, 11) is 0. The molecule has 2 N–H and O–H groups in total. The van der Waals surface area contributed by atoms with Gasteiger partial charge in [-0.2, -0.15) is 0 Å². The van der Waals surface area contributed by atoms with Crippen LogP contribution < -0.4 is 10.6 Å². The van der Waals surface area contributed by atoms with Gasteiger partial charge in [-0.25, -0.2) is 9.37 Å². The number of benzene rings is 2. The number of aromatic nitrogens is 1. The van der Waals surface area contributed by atoms with Crippen LogP contribution in [0, 0.1) is 26.6 Å². The van der Waals surface area contributed by atoms with Crippen LogP contribution in [0.2, 0.25) is 0 Å². The fourth-order valence-electron chi connectivity index (χ4n) is 2.99.